The predicted octanol–water partition coefficient (Wildman–Crippen LogP) is 2.31. The summed E-state index contributed by atoms with van der Waals surface area (Å²) in [4.78, 5) is 10.2. The molecule has 0 fully saturated rings. The van der Waals surface area contributed by atoms with Crippen molar-refractivity contribution in [1.29, 1.82) is 5.26 Å². The zero-order chi connectivity index (χ0) is 17.6. The van der Waals surface area contributed by atoms with Gasteiger partial charge in [-0.3, -0.25) is 0 Å². The normalized spacial score (nSPS) is 9.71. The van der Waals surface area contributed by atoms with Gasteiger partial charge in [0.05, 0.1) is 6.07 Å². The molecule has 0 aromatic rings. The molecule has 3 nitrogen and oxygen atoms in total. The predicted molar refractivity (Wildman–Crippen MR) is 95.7 cm³/mol. The van der Waals surface area contributed by atoms with Gasteiger partial charge in [-0.15, -0.1) is 0 Å². The van der Waals surface area contributed by atoms with Gasteiger partial charge in [-0.05, 0) is 38.5 Å². The van der Waals surface area contributed by atoms with Gasteiger partial charge in [0.15, 0.2) is 0 Å². The molecule has 0 aliphatic carbocycles. The number of nitrogens with zero attached hydrogens (tertiary/aromatic N) is 1. The number of allylic oxidation sites excluding steroid dienone is 2. The first kappa shape index (κ1) is 28.5. The van der Waals surface area contributed by atoms with Gasteiger partial charge in [0, 0.05) is 12.9 Å². The number of aliphatic carboxylic acids is 1. The first-order valence-corrected chi connectivity index (χ1v) is 9.34. The van der Waals surface area contributed by atoms with Crippen molar-refractivity contribution in [2.75, 3.05) is 0 Å². The van der Waals surface area contributed by atoms with Crippen molar-refractivity contribution in [3.63, 3.8) is 0 Å². The van der Waals surface area contributed by atoms with Crippen LogP contribution >= 0.6 is 0 Å². The Hall–Kier alpha value is -0.300. The molecule has 0 N–H and O–H groups in total. The van der Waals surface area contributed by atoms with E-state index in [9.17, 15) is 9.90 Å². The summed E-state index contributed by atoms with van der Waals surface area (Å²) in [5, 5.41) is 17.5. The molecule has 0 aromatic carbocycles. The van der Waals surface area contributed by atoms with Crippen LogP contribution in [-0.4, -0.2) is 5.97 Å². The summed E-state index contributed by atoms with van der Waals surface area (Å²) in [6.07, 6.45) is 20.9. The van der Waals surface area contributed by atoms with Crippen LogP contribution in [0.1, 0.15) is 104 Å². The van der Waals surface area contributed by atoms with Gasteiger partial charge in [0.25, 0.3) is 0 Å². The second-order valence-corrected chi connectivity index (χ2v) is 5.93. The molecular formula is C20H36NNaO2. The molecule has 0 unspecified atom stereocenters. The minimum absolute atomic E-state index is 0. The fourth-order valence-corrected chi connectivity index (χ4v) is 2.34. The van der Waals surface area contributed by atoms with Crippen molar-refractivity contribution in [3.05, 3.63) is 12.2 Å². The molecule has 0 bridgehead atoms. The Bertz CT molecular complexity index is 311. The number of carboxylic acids is 1. The van der Waals surface area contributed by atoms with Crippen LogP contribution < -0.4 is 34.7 Å². The topological polar surface area (TPSA) is 63.9 Å². The average molecular weight is 346 g/mol. The number of hydrogen-bond acceptors (Lipinski definition) is 3. The summed E-state index contributed by atoms with van der Waals surface area (Å²) < 4.78 is 0. The van der Waals surface area contributed by atoms with Crippen LogP contribution in [0.5, 0.6) is 0 Å². The summed E-state index contributed by atoms with van der Waals surface area (Å²) in [5.74, 6) is -0.914. The molecule has 4 heteroatoms. The molecule has 0 heterocycles. The molecule has 0 aliphatic heterocycles. The maximum Gasteiger partial charge on any atom is 1.00 e. The Kier molecular flexibility index (Phi) is 32.7. The van der Waals surface area contributed by atoms with Crippen LogP contribution in [0.3, 0.4) is 0 Å². The van der Waals surface area contributed by atoms with E-state index in [-0.39, 0.29) is 36.0 Å². The first-order valence-electron chi connectivity index (χ1n) is 9.34. The van der Waals surface area contributed by atoms with E-state index in [1.54, 1.807) is 6.07 Å². The van der Waals surface area contributed by atoms with Crippen LogP contribution in [0, 0.1) is 11.3 Å². The molecule has 0 atom stereocenters. The minimum Gasteiger partial charge on any atom is -0.550 e. The smallest absolute Gasteiger partial charge is 0.550 e. The van der Waals surface area contributed by atoms with Gasteiger partial charge < -0.3 is 9.90 Å². The van der Waals surface area contributed by atoms with E-state index in [1.807, 2.05) is 0 Å². The fraction of sp³-hybridized carbons (Fsp3) is 0.800. The third kappa shape index (κ3) is 33.3. The van der Waals surface area contributed by atoms with Crippen LogP contribution in [0.15, 0.2) is 12.2 Å². The maximum atomic E-state index is 10.2. The molecular weight excluding hydrogens is 309 g/mol. The second-order valence-electron chi connectivity index (χ2n) is 5.93. The van der Waals surface area contributed by atoms with Crippen LogP contribution in [0.2, 0.25) is 0 Å². The number of rotatable bonds is 15. The van der Waals surface area contributed by atoms with Crippen LogP contribution in [0.25, 0.3) is 0 Å². The SMILES string of the molecule is CC#N.CCCCCCCCC=CCCCCCCCC(=O)[O-].[Na+]. The van der Waals surface area contributed by atoms with Crippen molar-refractivity contribution < 1.29 is 39.5 Å². The molecule has 0 radical (unpaired) electrons. The van der Waals surface area contributed by atoms with Crippen molar-refractivity contribution in [1.82, 2.24) is 0 Å². The average Bonchev–Trinajstić information content (AvgIpc) is 2.51. The van der Waals surface area contributed by atoms with E-state index >= 15 is 0 Å². The molecule has 0 aliphatic rings. The van der Waals surface area contributed by atoms with E-state index in [0.29, 0.717) is 0 Å². The summed E-state index contributed by atoms with van der Waals surface area (Å²) in [6.45, 7) is 3.69. The van der Waals surface area contributed by atoms with Crippen molar-refractivity contribution >= 4 is 5.97 Å². The molecule has 0 rings (SSSR count). The summed E-state index contributed by atoms with van der Waals surface area (Å²) in [7, 11) is 0. The van der Waals surface area contributed by atoms with Crippen molar-refractivity contribution in [2.24, 2.45) is 0 Å². The Morgan fingerprint density at radius 1 is 0.875 bits per heavy atom. The zero-order valence-electron chi connectivity index (χ0n) is 16.3. The van der Waals surface area contributed by atoms with Crippen LogP contribution in [-0.2, 0) is 4.79 Å². The van der Waals surface area contributed by atoms with Gasteiger partial charge >= 0.3 is 29.6 Å². The van der Waals surface area contributed by atoms with E-state index in [1.165, 1.54) is 71.1 Å². The van der Waals surface area contributed by atoms with Gasteiger partial charge in [0.2, 0.25) is 0 Å². The zero-order valence-corrected chi connectivity index (χ0v) is 18.3. The molecule has 0 aromatic heterocycles. The Morgan fingerprint density at radius 2 is 1.25 bits per heavy atom. The Labute approximate surface area is 172 Å². The number of carbonyl (C=O) groups is 1. The van der Waals surface area contributed by atoms with Crippen molar-refractivity contribution in [2.45, 2.75) is 104 Å². The third-order valence-corrected chi connectivity index (χ3v) is 3.64. The van der Waals surface area contributed by atoms with Gasteiger partial charge in [-0.25, -0.2) is 0 Å². The molecule has 0 spiro atoms. The molecule has 0 amide bonds. The first-order chi connectivity index (χ1) is 11.2. The minimum atomic E-state index is -0.914. The summed E-state index contributed by atoms with van der Waals surface area (Å²) >= 11 is 0. The van der Waals surface area contributed by atoms with Gasteiger partial charge in [-0.1, -0.05) is 70.4 Å². The maximum absolute atomic E-state index is 10.2. The largest absolute Gasteiger partial charge is 1.00 e. The van der Waals surface area contributed by atoms with Crippen LogP contribution in [0.4, 0.5) is 0 Å². The Balaban J connectivity index is -0.00000102. The fourth-order valence-electron chi connectivity index (χ4n) is 2.34. The third-order valence-electron chi connectivity index (χ3n) is 3.64. The molecule has 0 saturated heterocycles. The monoisotopic (exact) mass is 345 g/mol. The molecule has 134 valence electrons. The Morgan fingerprint density at radius 3 is 1.67 bits per heavy atom. The number of hydrogen-bond donors (Lipinski definition) is 0. The van der Waals surface area contributed by atoms with Gasteiger partial charge in [-0.2, -0.15) is 5.26 Å². The number of carboxylic acid groups (broad SMARTS) is 1. The summed E-state index contributed by atoms with van der Waals surface area (Å²) in [5.41, 5.74) is 0. The number of carbonyl (C=O) groups excluding carboxylic acids is 1. The van der Waals surface area contributed by atoms with E-state index < -0.39 is 5.97 Å². The molecule has 0 saturated carbocycles. The van der Waals surface area contributed by atoms with Gasteiger partial charge in [0.1, 0.15) is 0 Å². The second kappa shape index (κ2) is 27.5. The summed E-state index contributed by atoms with van der Waals surface area (Å²) in [6, 6.07) is 1.75. The van der Waals surface area contributed by atoms with E-state index in [0.717, 1.165) is 19.3 Å². The van der Waals surface area contributed by atoms with E-state index in [2.05, 4.69) is 19.1 Å². The quantitative estimate of drug-likeness (QED) is 0.260. The number of unbranched alkanes of at least 4 members (excludes halogenated alkanes) is 11. The standard InChI is InChI=1S/C18H34O2.C2H3N.Na/c1-2-3-4-5-6-7-8-9-10-11-12-13-14-15-16-17-18(19)20;1-2-3;/h9-10H,2-8,11-17H2,1H3,(H,19,20);1H3;/q;;+1/p-1. The van der Waals surface area contributed by atoms with Crippen molar-refractivity contribution in [3.8, 4) is 6.07 Å². The van der Waals surface area contributed by atoms with E-state index in [4.69, 9.17) is 5.26 Å². The molecule has 24 heavy (non-hydrogen) atoms. The number of nitriles is 1.